The number of sulfone groups is 1. The fourth-order valence-corrected chi connectivity index (χ4v) is 6.35. The topological polar surface area (TPSA) is 109 Å². The summed E-state index contributed by atoms with van der Waals surface area (Å²) in [7, 11) is -4.03. The quantitative estimate of drug-likeness (QED) is 0.357. The van der Waals surface area contributed by atoms with Gasteiger partial charge in [-0.15, -0.1) is 0 Å². The maximum Gasteiger partial charge on any atom is 0.231 e. The van der Waals surface area contributed by atoms with Crippen LogP contribution >= 0.6 is 0 Å². The molecule has 39 heavy (non-hydrogen) atoms. The number of hydrogen-bond acceptors (Lipinski definition) is 9. The van der Waals surface area contributed by atoms with E-state index in [0.717, 1.165) is 42.3 Å². The molecule has 0 N–H and O–H groups in total. The standard InChI is InChI=1S/C29H27N5O4S/c1-20-6-9-22(10-7-20)39(35,36)27(17-30)28-29(32-24-5-3-2-4-23(24)31-28)34-14-12-33(13-15-34)18-21-8-11-25-26(16-21)38-19-37-25/h2-11,16,27H,12-15,18-19H2,1H3. The van der Waals surface area contributed by atoms with Crippen molar-refractivity contribution in [2.24, 2.45) is 0 Å². The summed E-state index contributed by atoms with van der Waals surface area (Å²) in [5.41, 5.74) is 3.45. The average Bonchev–Trinajstić information content (AvgIpc) is 3.42. The van der Waals surface area contributed by atoms with Crippen LogP contribution in [0.1, 0.15) is 22.1 Å². The lowest BCUT2D eigenvalue weighted by molar-refractivity contribution is 0.174. The van der Waals surface area contributed by atoms with Crippen LogP contribution in [0.15, 0.2) is 71.6 Å². The van der Waals surface area contributed by atoms with Crippen LogP contribution in [-0.2, 0) is 16.4 Å². The van der Waals surface area contributed by atoms with Gasteiger partial charge in [-0.3, -0.25) is 4.90 Å². The van der Waals surface area contributed by atoms with Gasteiger partial charge in [-0.2, -0.15) is 5.26 Å². The van der Waals surface area contributed by atoms with E-state index in [9.17, 15) is 13.7 Å². The van der Waals surface area contributed by atoms with Gasteiger partial charge in [0.1, 0.15) is 5.69 Å². The van der Waals surface area contributed by atoms with Gasteiger partial charge >= 0.3 is 0 Å². The van der Waals surface area contributed by atoms with Crippen molar-refractivity contribution in [3.05, 3.63) is 83.6 Å². The van der Waals surface area contributed by atoms with Crippen molar-refractivity contribution < 1.29 is 17.9 Å². The molecule has 4 aromatic rings. The molecule has 0 bridgehead atoms. The minimum atomic E-state index is -4.03. The number of aryl methyl sites for hydroxylation is 1. The molecule has 1 unspecified atom stereocenters. The van der Waals surface area contributed by atoms with Crippen LogP contribution in [0.3, 0.4) is 0 Å². The molecule has 9 nitrogen and oxygen atoms in total. The highest BCUT2D eigenvalue weighted by Gasteiger charge is 2.35. The summed E-state index contributed by atoms with van der Waals surface area (Å²) < 4.78 is 38.2. The van der Waals surface area contributed by atoms with Crippen LogP contribution in [0.5, 0.6) is 11.5 Å². The third-order valence-electron chi connectivity index (χ3n) is 7.12. The number of fused-ring (bicyclic) bond motifs is 2. The van der Waals surface area contributed by atoms with E-state index in [4.69, 9.17) is 19.4 Å². The summed E-state index contributed by atoms with van der Waals surface area (Å²) in [5, 5.41) is 8.67. The largest absolute Gasteiger partial charge is 0.454 e. The number of benzene rings is 3. The normalized spacial score (nSPS) is 16.3. The van der Waals surface area contributed by atoms with Crippen LogP contribution < -0.4 is 14.4 Å². The highest BCUT2D eigenvalue weighted by molar-refractivity contribution is 7.92. The lowest BCUT2D eigenvalue weighted by Crippen LogP contribution is -2.46. The van der Waals surface area contributed by atoms with Crippen molar-refractivity contribution in [2.45, 2.75) is 23.6 Å². The van der Waals surface area contributed by atoms with Crippen molar-refractivity contribution in [3.8, 4) is 17.6 Å². The maximum absolute atomic E-state index is 13.6. The van der Waals surface area contributed by atoms with Crippen LogP contribution in [0.4, 0.5) is 5.82 Å². The number of ether oxygens (including phenoxy) is 2. The molecular formula is C29H27N5O4S. The van der Waals surface area contributed by atoms with Crippen molar-refractivity contribution in [1.29, 1.82) is 5.26 Å². The number of anilines is 1. The molecule has 2 aliphatic heterocycles. The van der Waals surface area contributed by atoms with Gasteiger partial charge < -0.3 is 14.4 Å². The number of nitrogens with zero attached hydrogens (tertiary/aromatic N) is 5. The van der Waals surface area contributed by atoms with E-state index in [1.807, 2.05) is 54.3 Å². The second-order valence-electron chi connectivity index (χ2n) is 9.74. The van der Waals surface area contributed by atoms with Crippen molar-refractivity contribution in [3.63, 3.8) is 0 Å². The van der Waals surface area contributed by atoms with Gasteiger partial charge in [0.15, 0.2) is 22.6 Å². The molecule has 6 rings (SSSR count). The Bertz CT molecular complexity index is 1680. The zero-order valence-corrected chi connectivity index (χ0v) is 22.3. The first-order valence-corrected chi connectivity index (χ1v) is 14.3. The van der Waals surface area contributed by atoms with Gasteiger partial charge in [0.2, 0.25) is 16.6 Å². The van der Waals surface area contributed by atoms with Crippen LogP contribution in [-0.4, -0.2) is 56.3 Å². The van der Waals surface area contributed by atoms with Crippen molar-refractivity contribution >= 4 is 26.7 Å². The molecule has 0 aliphatic carbocycles. The second kappa shape index (κ2) is 10.2. The predicted molar refractivity (Wildman–Crippen MR) is 146 cm³/mol. The minimum Gasteiger partial charge on any atom is -0.454 e. The summed E-state index contributed by atoms with van der Waals surface area (Å²) in [6, 6.07) is 21.9. The molecule has 1 fully saturated rings. The lowest BCUT2D eigenvalue weighted by atomic mass is 10.1. The molecule has 0 radical (unpaired) electrons. The Morgan fingerprint density at radius 1 is 0.923 bits per heavy atom. The summed E-state index contributed by atoms with van der Waals surface area (Å²) in [5.74, 6) is 1.97. The maximum atomic E-state index is 13.6. The Hall–Kier alpha value is -4.20. The fraction of sp³-hybridized carbons (Fsp3) is 0.276. The van der Waals surface area contributed by atoms with E-state index in [2.05, 4.69) is 4.90 Å². The highest BCUT2D eigenvalue weighted by Crippen LogP contribution is 2.35. The van der Waals surface area contributed by atoms with Gasteiger partial charge in [0, 0.05) is 32.7 Å². The first-order valence-electron chi connectivity index (χ1n) is 12.7. The number of hydrogen-bond donors (Lipinski definition) is 0. The Balaban J connectivity index is 1.29. The van der Waals surface area contributed by atoms with Gasteiger partial charge in [0.25, 0.3) is 0 Å². The molecule has 10 heteroatoms. The van der Waals surface area contributed by atoms with Gasteiger partial charge in [0.05, 0.1) is 22.0 Å². The van der Waals surface area contributed by atoms with E-state index in [1.165, 1.54) is 12.1 Å². The van der Waals surface area contributed by atoms with E-state index in [1.54, 1.807) is 18.2 Å². The number of piperazine rings is 1. The smallest absolute Gasteiger partial charge is 0.231 e. The molecule has 3 heterocycles. The monoisotopic (exact) mass is 541 g/mol. The number of nitriles is 1. The molecular weight excluding hydrogens is 514 g/mol. The summed E-state index contributed by atoms with van der Waals surface area (Å²) in [6.07, 6.45) is 0. The van der Waals surface area contributed by atoms with Gasteiger partial charge in [-0.1, -0.05) is 35.9 Å². The molecule has 2 aliphatic rings. The SMILES string of the molecule is Cc1ccc(S(=O)(=O)C(C#N)c2nc3ccccc3nc2N2CCN(Cc3ccc4c(c3)OCO4)CC2)cc1. The molecule has 0 saturated carbocycles. The first kappa shape index (κ1) is 25.1. The van der Waals surface area contributed by atoms with Crippen molar-refractivity contribution in [2.75, 3.05) is 37.9 Å². The average molecular weight is 542 g/mol. The van der Waals surface area contributed by atoms with Crippen molar-refractivity contribution in [1.82, 2.24) is 14.9 Å². The minimum absolute atomic E-state index is 0.0918. The van der Waals surface area contributed by atoms with E-state index in [0.29, 0.717) is 29.9 Å². The fourth-order valence-electron chi connectivity index (χ4n) is 4.97. The summed E-state index contributed by atoms with van der Waals surface area (Å²) in [6.45, 7) is 5.60. The van der Waals surface area contributed by atoms with Crippen LogP contribution in [0, 0.1) is 18.3 Å². The molecule has 1 saturated heterocycles. The third kappa shape index (κ3) is 4.87. The molecule has 198 valence electrons. The van der Waals surface area contributed by atoms with Crippen LogP contribution in [0.25, 0.3) is 11.0 Å². The molecule has 0 amide bonds. The zero-order chi connectivity index (χ0) is 27.0. The molecule has 0 spiro atoms. The molecule has 1 aromatic heterocycles. The second-order valence-corrected chi connectivity index (χ2v) is 11.8. The number of para-hydroxylation sites is 2. The molecule has 1 atom stereocenters. The van der Waals surface area contributed by atoms with E-state index < -0.39 is 15.1 Å². The lowest BCUT2D eigenvalue weighted by Gasteiger charge is -2.36. The number of rotatable bonds is 6. The summed E-state index contributed by atoms with van der Waals surface area (Å²) in [4.78, 5) is 14.0. The highest BCUT2D eigenvalue weighted by atomic mass is 32.2. The Labute approximate surface area is 227 Å². The van der Waals surface area contributed by atoms with Crippen LogP contribution in [0.2, 0.25) is 0 Å². The summed E-state index contributed by atoms with van der Waals surface area (Å²) >= 11 is 0. The predicted octanol–water partition coefficient (Wildman–Crippen LogP) is 4.03. The van der Waals surface area contributed by atoms with Gasteiger partial charge in [-0.25, -0.2) is 18.4 Å². The third-order valence-corrected chi connectivity index (χ3v) is 9.00. The van der Waals surface area contributed by atoms with E-state index in [-0.39, 0.29) is 17.4 Å². The van der Waals surface area contributed by atoms with E-state index >= 15 is 0 Å². The Morgan fingerprint density at radius 3 is 2.33 bits per heavy atom. The van der Waals surface area contributed by atoms with Gasteiger partial charge in [-0.05, 0) is 48.9 Å². The number of aromatic nitrogens is 2. The zero-order valence-electron chi connectivity index (χ0n) is 21.4. The Morgan fingerprint density at radius 2 is 1.62 bits per heavy atom. The Kier molecular flexibility index (Phi) is 6.54. The molecule has 3 aromatic carbocycles. The first-order chi connectivity index (χ1) is 18.9.